The predicted molar refractivity (Wildman–Crippen MR) is 75.6 cm³/mol. The SMILES string of the molecule is NC(CCl)=Nc1cccc(N2N=C(C(=O)O)CC2=O)c1. The van der Waals surface area contributed by atoms with Crippen LogP contribution in [-0.4, -0.2) is 34.4 Å². The molecule has 0 aromatic heterocycles. The first kappa shape index (κ1) is 14.0. The van der Waals surface area contributed by atoms with Gasteiger partial charge in [-0.15, -0.1) is 11.6 Å². The molecule has 0 unspecified atom stereocenters. The number of carboxylic acids is 1. The number of halogens is 1. The van der Waals surface area contributed by atoms with Crippen LogP contribution in [0.15, 0.2) is 34.4 Å². The van der Waals surface area contributed by atoms with E-state index >= 15 is 0 Å². The molecule has 2 rings (SSSR count). The van der Waals surface area contributed by atoms with Crippen LogP contribution in [0.5, 0.6) is 0 Å². The lowest BCUT2D eigenvalue weighted by Crippen LogP contribution is -2.19. The minimum absolute atomic E-state index is 0.0915. The third kappa shape index (κ3) is 2.94. The van der Waals surface area contributed by atoms with Crippen LogP contribution in [0.4, 0.5) is 11.4 Å². The normalized spacial score (nSPS) is 15.4. The first-order chi connectivity index (χ1) is 9.51. The Kier molecular flexibility index (Phi) is 3.99. The molecule has 1 aliphatic heterocycles. The second-order valence-electron chi connectivity index (χ2n) is 3.99. The molecule has 0 radical (unpaired) electrons. The molecule has 7 nitrogen and oxygen atoms in total. The third-order valence-corrected chi connectivity index (χ3v) is 2.78. The topological polar surface area (TPSA) is 108 Å². The van der Waals surface area contributed by atoms with Crippen molar-refractivity contribution in [2.45, 2.75) is 6.42 Å². The first-order valence-electron chi connectivity index (χ1n) is 5.64. The van der Waals surface area contributed by atoms with E-state index in [4.69, 9.17) is 22.4 Å². The number of hydrogen-bond acceptors (Lipinski definition) is 4. The van der Waals surface area contributed by atoms with Crippen LogP contribution in [0.2, 0.25) is 0 Å². The number of anilines is 1. The number of carboxylic acid groups (broad SMARTS) is 1. The second kappa shape index (κ2) is 5.70. The van der Waals surface area contributed by atoms with E-state index < -0.39 is 11.9 Å². The summed E-state index contributed by atoms with van der Waals surface area (Å²) in [5.74, 6) is -1.28. The number of amides is 1. The van der Waals surface area contributed by atoms with Crippen molar-refractivity contribution in [1.82, 2.24) is 0 Å². The van der Waals surface area contributed by atoms with Gasteiger partial charge in [-0.25, -0.2) is 9.79 Å². The number of aliphatic carboxylic acids is 1. The van der Waals surface area contributed by atoms with Crippen LogP contribution >= 0.6 is 11.6 Å². The fraction of sp³-hybridized carbons (Fsp3) is 0.167. The van der Waals surface area contributed by atoms with Gasteiger partial charge in [-0.1, -0.05) is 6.07 Å². The fourth-order valence-electron chi connectivity index (χ4n) is 1.64. The van der Waals surface area contributed by atoms with Gasteiger partial charge >= 0.3 is 5.97 Å². The number of hydrogen-bond donors (Lipinski definition) is 2. The van der Waals surface area contributed by atoms with Gasteiger partial charge in [-0.2, -0.15) is 10.1 Å². The van der Waals surface area contributed by atoms with Crippen LogP contribution in [0.1, 0.15) is 6.42 Å². The Labute approximate surface area is 119 Å². The van der Waals surface area contributed by atoms with Crippen molar-refractivity contribution >= 4 is 46.4 Å². The summed E-state index contributed by atoms with van der Waals surface area (Å²) in [6.45, 7) is 0. The van der Waals surface area contributed by atoms with Crippen molar-refractivity contribution in [1.29, 1.82) is 0 Å². The molecule has 20 heavy (non-hydrogen) atoms. The average Bonchev–Trinajstić information content (AvgIpc) is 2.81. The number of aliphatic imine (C=N–C) groups is 1. The molecule has 8 heteroatoms. The summed E-state index contributed by atoms with van der Waals surface area (Å²) in [7, 11) is 0. The zero-order chi connectivity index (χ0) is 14.7. The van der Waals surface area contributed by atoms with E-state index in [-0.39, 0.29) is 23.8 Å². The molecular formula is C12H11ClN4O3. The highest BCUT2D eigenvalue weighted by atomic mass is 35.5. The van der Waals surface area contributed by atoms with Crippen molar-refractivity contribution < 1.29 is 14.7 Å². The Morgan fingerprint density at radius 3 is 2.90 bits per heavy atom. The van der Waals surface area contributed by atoms with E-state index in [1.165, 1.54) is 0 Å². The van der Waals surface area contributed by atoms with Gasteiger partial charge in [0.2, 0.25) is 0 Å². The molecule has 1 heterocycles. The van der Waals surface area contributed by atoms with Crippen molar-refractivity contribution in [3.63, 3.8) is 0 Å². The van der Waals surface area contributed by atoms with Gasteiger partial charge in [0.25, 0.3) is 5.91 Å². The molecule has 104 valence electrons. The molecule has 0 spiro atoms. The summed E-state index contributed by atoms with van der Waals surface area (Å²) in [6.07, 6.45) is -0.230. The number of rotatable bonds is 4. The van der Waals surface area contributed by atoms with Gasteiger partial charge in [-0.3, -0.25) is 4.79 Å². The maximum Gasteiger partial charge on any atom is 0.352 e. The molecule has 0 fully saturated rings. The molecule has 0 aliphatic carbocycles. The van der Waals surface area contributed by atoms with E-state index in [0.717, 1.165) is 5.01 Å². The van der Waals surface area contributed by atoms with E-state index in [1.54, 1.807) is 24.3 Å². The maximum absolute atomic E-state index is 11.7. The average molecular weight is 295 g/mol. The summed E-state index contributed by atoms with van der Waals surface area (Å²) in [6, 6.07) is 6.55. The Hall–Kier alpha value is -2.41. The Morgan fingerprint density at radius 2 is 2.30 bits per heavy atom. The summed E-state index contributed by atoms with van der Waals surface area (Å²) in [4.78, 5) is 26.6. The zero-order valence-corrected chi connectivity index (χ0v) is 11.0. The predicted octanol–water partition coefficient (Wildman–Crippen LogP) is 1.09. The molecular weight excluding hydrogens is 284 g/mol. The van der Waals surface area contributed by atoms with Gasteiger partial charge < -0.3 is 10.8 Å². The molecule has 0 bridgehead atoms. The largest absolute Gasteiger partial charge is 0.477 e. The van der Waals surface area contributed by atoms with Gasteiger partial charge in [0, 0.05) is 0 Å². The number of nitrogens with zero attached hydrogens (tertiary/aromatic N) is 3. The fourth-order valence-corrected chi connectivity index (χ4v) is 1.70. The van der Waals surface area contributed by atoms with E-state index in [0.29, 0.717) is 11.4 Å². The third-order valence-electron chi connectivity index (χ3n) is 2.51. The standard InChI is InChI=1S/C12H11ClN4O3/c13-6-10(14)15-7-2-1-3-8(4-7)17-11(18)5-9(16-17)12(19)20/h1-4H,5-6H2,(H2,14,15)(H,19,20). The van der Waals surface area contributed by atoms with E-state index in [2.05, 4.69) is 10.1 Å². The van der Waals surface area contributed by atoms with E-state index in [9.17, 15) is 9.59 Å². The van der Waals surface area contributed by atoms with Crippen molar-refractivity contribution in [2.24, 2.45) is 15.8 Å². The number of carbonyl (C=O) groups is 2. The molecule has 1 aliphatic rings. The Bertz CT molecular complexity index is 627. The maximum atomic E-state index is 11.7. The molecule has 3 N–H and O–H groups in total. The lowest BCUT2D eigenvalue weighted by Gasteiger charge is -2.11. The van der Waals surface area contributed by atoms with Gasteiger partial charge in [-0.05, 0) is 18.2 Å². The molecule has 1 aromatic rings. The molecule has 0 saturated carbocycles. The molecule has 0 atom stereocenters. The summed E-state index contributed by atoms with van der Waals surface area (Å²) in [5, 5.41) is 13.7. The highest BCUT2D eigenvalue weighted by Gasteiger charge is 2.29. The number of alkyl halides is 1. The monoisotopic (exact) mass is 294 g/mol. The van der Waals surface area contributed by atoms with Gasteiger partial charge in [0.05, 0.1) is 23.7 Å². The lowest BCUT2D eigenvalue weighted by atomic mass is 10.2. The Morgan fingerprint density at radius 1 is 1.55 bits per heavy atom. The number of carbonyl (C=O) groups excluding carboxylic acids is 1. The number of hydrazone groups is 1. The van der Waals surface area contributed by atoms with Crippen LogP contribution in [0, 0.1) is 0 Å². The van der Waals surface area contributed by atoms with Crippen molar-refractivity contribution in [3.05, 3.63) is 24.3 Å². The highest BCUT2D eigenvalue weighted by molar-refractivity contribution is 6.42. The first-order valence-corrected chi connectivity index (χ1v) is 6.17. The van der Waals surface area contributed by atoms with E-state index in [1.807, 2.05) is 0 Å². The summed E-state index contributed by atoms with van der Waals surface area (Å²) < 4.78 is 0. The summed E-state index contributed by atoms with van der Waals surface area (Å²) >= 11 is 5.54. The van der Waals surface area contributed by atoms with Gasteiger partial charge in [0.1, 0.15) is 5.84 Å². The number of amidine groups is 1. The lowest BCUT2D eigenvalue weighted by molar-refractivity contribution is -0.129. The number of benzene rings is 1. The van der Waals surface area contributed by atoms with Crippen LogP contribution < -0.4 is 10.7 Å². The molecule has 1 aromatic carbocycles. The highest BCUT2D eigenvalue weighted by Crippen LogP contribution is 2.25. The minimum atomic E-state index is -1.21. The molecule has 1 amide bonds. The zero-order valence-electron chi connectivity index (χ0n) is 10.3. The van der Waals surface area contributed by atoms with Crippen LogP contribution in [-0.2, 0) is 9.59 Å². The number of nitrogens with two attached hydrogens (primary N) is 1. The van der Waals surface area contributed by atoms with Gasteiger partial charge in [0.15, 0.2) is 5.71 Å². The quantitative estimate of drug-likeness (QED) is 0.492. The van der Waals surface area contributed by atoms with Crippen molar-refractivity contribution in [3.8, 4) is 0 Å². The molecule has 0 saturated heterocycles. The van der Waals surface area contributed by atoms with Crippen molar-refractivity contribution in [2.75, 3.05) is 10.9 Å². The smallest absolute Gasteiger partial charge is 0.352 e. The Balaban J connectivity index is 2.32. The summed E-state index contributed by atoms with van der Waals surface area (Å²) in [5.41, 5.74) is 6.27. The van der Waals surface area contributed by atoms with Crippen LogP contribution in [0.25, 0.3) is 0 Å². The van der Waals surface area contributed by atoms with Crippen LogP contribution in [0.3, 0.4) is 0 Å². The minimum Gasteiger partial charge on any atom is -0.477 e. The second-order valence-corrected chi connectivity index (χ2v) is 4.26.